The number of benzene rings is 2. The number of phenolic OH excluding ortho intramolecular Hbond substituents is 1. The number of Topliss-reactive ketones (excluding diaryl/α,β-unsaturated/α-hetero) is 2. The van der Waals surface area contributed by atoms with E-state index in [1.807, 2.05) is 0 Å². The first-order valence-electron chi connectivity index (χ1n) is 14.7. The van der Waals surface area contributed by atoms with Crippen LogP contribution < -0.4 is 38.1 Å². The monoisotopic (exact) mass is 659 g/mol. The standard InChI is InChI=1S/C32H37N9O7/c1-37-14-6-8-15(9-7-14)38-29(48)39-17-10-18(40(2)3)16-11-30(35)12-32(36)25(41(4)5)24(44)20(28(34)47)26(45)31(32,13-33)27(46)21(30)23(43)19(16)22(17)42/h6-10,25,37,42-43,45H,11-12,35-36H2,1-5H3,(H2,34,47)(H2,38,39,48)/t25-,30-,31+,32-/m1/s1. The molecule has 0 bridgehead atoms. The Morgan fingerprint density at radius 1 is 1.02 bits per heavy atom. The van der Waals surface area contributed by atoms with Crippen LogP contribution in [0.15, 0.2) is 47.2 Å². The van der Waals surface area contributed by atoms with Crippen molar-refractivity contribution in [2.24, 2.45) is 22.6 Å². The molecule has 3 aliphatic carbocycles. The summed E-state index contributed by atoms with van der Waals surface area (Å²) in [6, 6.07) is 7.75. The summed E-state index contributed by atoms with van der Waals surface area (Å²) >= 11 is 0. The van der Waals surface area contributed by atoms with Crippen molar-refractivity contribution in [1.29, 1.82) is 5.26 Å². The Labute approximate surface area is 275 Å². The molecule has 0 saturated heterocycles. The van der Waals surface area contributed by atoms with Gasteiger partial charge < -0.3 is 53.4 Å². The number of hydrogen-bond donors (Lipinski definition) is 9. The van der Waals surface area contributed by atoms with Gasteiger partial charge in [-0.2, -0.15) is 5.26 Å². The number of phenols is 1. The second-order valence-corrected chi connectivity index (χ2v) is 12.7. The molecule has 2 aromatic rings. The molecule has 252 valence electrons. The highest BCUT2D eigenvalue weighted by Gasteiger charge is 2.74. The van der Waals surface area contributed by atoms with Crippen molar-refractivity contribution in [1.82, 2.24) is 4.90 Å². The summed E-state index contributed by atoms with van der Waals surface area (Å²) in [5, 5.41) is 53.5. The number of aliphatic hydroxyl groups excluding tert-OH is 2. The van der Waals surface area contributed by atoms with E-state index in [1.165, 1.54) is 25.1 Å². The number of hydrogen-bond acceptors (Lipinski definition) is 13. The van der Waals surface area contributed by atoms with Crippen LogP contribution in [0.1, 0.15) is 17.5 Å². The number of nitrogens with two attached hydrogens (primary N) is 3. The SMILES string of the molecule is CNc1ccc(NC(=O)Nc2cc(N(C)C)c3c(c2O)C(O)=C2C(=O)[C@]4(C#N)C(O)=C(C(N)=O)C(=O)[C@@H](N(C)C)[C@]4(N)C[C@]2(N)C3)cc1. The fourth-order valence-corrected chi connectivity index (χ4v) is 7.38. The lowest BCUT2D eigenvalue weighted by Gasteiger charge is -2.58. The molecule has 0 heterocycles. The third kappa shape index (κ3) is 4.54. The summed E-state index contributed by atoms with van der Waals surface area (Å²) in [5.41, 5.74) is 12.4. The number of aromatic hydroxyl groups is 1. The van der Waals surface area contributed by atoms with Crippen LogP contribution in [-0.4, -0.2) is 96.1 Å². The first kappa shape index (κ1) is 33.7. The molecule has 3 aliphatic rings. The number of urea groups is 1. The Kier molecular flexibility index (Phi) is 7.91. The van der Waals surface area contributed by atoms with E-state index >= 15 is 0 Å². The van der Waals surface area contributed by atoms with Crippen molar-refractivity contribution >= 4 is 52.0 Å². The molecule has 48 heavy (non-hydrogen) atoms. The van der Waals surface area contributed by atoms with E-state index < -0.39 is 80.9 Å². The first-order valence-corrected chi connectivity index (χ1v) is 14.7. The third-order valence-electron chi connectivity index (χ3n) is 9.39. The lowest BCUT2D eigenvalue weighted by atomic mass is 9.47. The van der Waals surface area contributed by atoms with Crippen molar-refractivity contribution in [3.05, 3.63) is 58.4 Å². The number of amides is 3. The van der Waals surface area contributed by atoms with Crippen LogP contribution in [0.5, 0.6) is 5.75 Å². The number of carbonyl (C=O) groups excluding carboxylic acids is 4. The molecule has 2 aromatic carbocycles. The van der Waals surface area contributed by atoms with E-state index in [2.05, 4.69) is 16.0 Å². The fraction of sp³-hybridized carbons (Fsp3) is 0.344. The summed E-state index contributed by atoms with van der Waals surface area (Å²) in [4.78, 5) is 56.6. The lowest BCUT2D eigenvalue weighted by molar-refractivity contribution is -0.139. The Bertz CT molecular complexity index is 1900. The zero-order valence-corrected chi connectivity index (χ0v) is 26.9. The van der Waals surface area contributed by atoms with E-state index in [4.69, 9.17) is 17.2 Å². The molecule has 0 unspecified atom stereocenters. The molecule has 1 saturated carbocycles. The van der Waals surface area contributed by atoms with Gasteiger partial charge in [0.05, 0.1) is 40.0 Å². The van der Waals surface area contributed by atoms with Gasteiger partial charge in [-0.05, 0) is 62.8 Å². The molecule has 16 heteroatoms. The summed E-state index contributed by atoms with van der Waals surface area (Å²) in [7, 11) is 7.98. The third-order valence-corrected chi connectivity index (χ3v) is 9.39. The van der Waals surface area contributed by atoms with Gasteiger partial charge in [-0.3, -0.25) is 19.3 Å². The van der Waals surface area contributed by atoms with E-state index in [9.17, 15) is 39.8 Å². The van der Waals surface area contributed by atoms with Crippen molar-refractivity contribution in [2.45, 2.75) is 30.0 Å². The summed E-state index contributed by atoms with van der Waals surface area (Å²) in [5.74, 6) is -6.35. The Morgan fingerprint density at radius 2 is 1.62 bits per heavy atom. The number of likely N-dealkylation sites (N-methyl/N-ethyl adjacent to an activating group) is 1. The molecular formula is C32H37N9O7. The predicted octanol–water partition coefficient (Wildman–Crippen LogP) is 0.657. The molecule has 5 rings (SSSR count). The minimum atomic E-state index is -2.79. The predicted molar refractivity (Wildman–Crippen MR) is 177 cm³/mol. The van der Waals surface area contributed by atoms with E-state index in [-0.39, 0.29) is 23.2 Å². The molecule has 1 fully saturated rings. The van der Waals surface area contributed by atoms with Gasteiger partial charge in [-0.25, -0.2) is 4.79 Å². The summed E-state index contributed by atoms with van der Waals surface area (Å²) < 4.78 is 0. The smallest absolute Gasteiger partial charge is 0.323 e. The number of anilines is 4. The van der Waals surface area contributed by atoms with Crippen molar-refractivity contribution in [2.75, 3.05) is 56.1 Å². The number of rotatable bonds is 6. The van der Waals surface area contributed by atoms with Crippen LogP contribution in [0.25, 0.3) is 5.76 Å². The van der Waals surface area contributed by atoms with Gasteiger partial charge in [0, 0.05) is 38.2 Å². The molecule has 0 aromatic heterocycles. The van der Waals surface area contributed by atoms with Gasteiger partial charge in [0.2, 0.25) is 0 Å². The number of nitriles is 1. The molecule has 0 radical (unpaired) electrons. The van der Waals surface area contributed by atoms with Crippen LogP contribution >= 0.6 is 0 Å². The van der Waals surface area contributed by atoms with Crippen LogP contribution in [-0.2, 0) is 20.8 Å². The highest BCUT2D eigenvalue weighted by molar-refractivity contribution is 6.25. The van der Waals surface area contributed by atoms with Gasteiger partial charge in [0.25, 0.3) is 5.91 Å². The lowest BCUT2D eigenvalue weighted by Crippen LogP contribution is -2.80. The topological polar surface area (TPSA) is 273 Å². The van der Waals surface area contributed by atoms with E-state index in [0.29, 0.717) is 11.4 Å². The first-order chi connectivity index (χ1) is 22.4. The average molecular weight is 660 g/mol. The van der Waals surface area contributed by atoms with Gasteiger partial charge in [-0.15, -0.1) is 0 Å². The molecule has 16 nitrogen and oxygen atoms in total. The van der Waals surface area contributed by atoms with Crippen molar-refractivity contribution < 1.29 is 34.5 Å². The minimum Gasteiger partial charge on any atom is -0.509 e. The number of primary amides is 1. The van der Waals surface area contributed by atoms with Crippen LogP contribution in [0.4, 0.5) is 27.5 Å². The van der Waals surface area contributed by atoms with Gasteiger partial charge >= 0.3 is 6.03 Å². The van der Waals surface area contributed by atoms with E-state index in [0.717, 1.165) is 5.69 Å². The zero-order valence-electron chi connectivity index (χ0n) is 26.9. The van der Waals surface area contributed by atoms with Crippen LogP contribution in [0.3, 0.4) is 0 Å². The zero-order chi connectivity index (χ0) is 35.7. The fourth-order valence-electron chi connectivity index (χ4n) is 7.38. The normalized spacial score (nSPS) is 26.3. The molecule has 12 N–H and O–H groups in total. The van der Waals surface area contributed by atoms with E-state index in [1.54, 1.807) is 56.4 Å². The molecular weight excluding hydrogens is 622 g/mol. The van der Waals surface area contributed by atoms with Crippen molar-refractivity contribution in [3.63, 3.8) is 0 Å². The molecule has 4 atom stereocenters. The maximum absolute atomic E-state index is 14.6. The van der Waals surface area contributed by atoms with Crippen LogP contribution in [0, 0.1) is 16.7 Å². The molecule has 3 amide bonds. The number of nitrogens with one attached hydrogen (secondary N) is 3. The second-order valence-electron chi connectivity index (χ2n) is 12.7. The highest BCUT2D eigenvalue weighted by atomic mass is 16.3. The molecule has 0 aliphatic heterocycles. The molecule has 0 spiro atoms. The van der Waals surface area contributed by atoms with Crippen molar-refractivity contribution in [3.8, 4) is 11.8 Å². The quantitative estimate of drug-likeness (QED) is 0.152. The Balaban J connectivity index is 1.71. The number of nitrogens with zero attached hydrogens (tertiary/aromatic N) is 3. The van der Waals surface area contributed by atoms with Gasteiger partial charge in [0.15, 0.2) is 22.7 Å². The highest BCUT2D eigenvalue weighted by Crippen LogP contribution is 2.59. The summed E-state index contributed by atoms with van der Waals surface area (Å²) in [6.07, 6.45) is -0.744. The maximum Gasteiger partial charge on any atom is 0.323 e. The maximum atomic E-state index is 14.6. The van der Waals surface area contributed by atoms with Crippen LogP contribution in [0.2, 0.25) is 0 Å². The Hall–Kier alpha value is -5.63. The second kappa shape index (κ2) is 11.3. The number of fused-ring (bicyclic) bond motifs is 3. The minimum absolute atomic E-state index is 0.139. The van der Waals surface area contributed by atoms with Gasteiger partial charge in [0.1, 0.15) is 17.1 Å². The summed E-state index contributed by atoms with van der Waals surface area (Å²) in [6.45, 7) is 0. The number of carbonyl (C=O) groups is 4. The number of aliphatic hydroxyl groups is 2. The Morgan fingerprint density at radius 3 is 2.15 bits per heavy atom. The average Bonchev–Trinajstić information content (AvgIpc) is 2.97. The van der Waals surface area contributed by atoms with Gasteiger partial charge in [-0.1, -0.05) is 0 Å². The largest absolute Gasteiger partial charge is 0.509 e. The number of ketones is 2.